The largest absolute Gasteiger partial charge is 0.351 e. The van der Waals surface area contributed by atoms with Crippen LogP contribution in [0.25, 0.3) is 0 Å². The highest BCUT2D eigenvalue weighted by molar-refractivity contribution is 5.78. The van der Waals surface area contributed by atoms with Crippen LogP contribution in [0.5, 0.6) is 0 Å². The van der Waals surface area contributed by atoms with Gasteiger partial charge < -0.3 is 10.2 Å². The van der Waals surface area contributed by atoms with Crippen LogP contribution >= 0.6 is 0 Å². The van der Waals surface area contributed by atoms with Gasteiger partial charge in [-0.05, 0) is 32.0 Å². The second kappa shape index (κ2) is 8.99. The number of benzene rings is 1. The van der Waals surface area contributed by atoms with Crippen molar-refractivity contribution in [3.63, 3.8) is 0 Å². The van der Waals surface area contributed by atoms with Gasteiger partial charge in [0.1, 0.15) is 5.82 Å². The van der Waals surface area contributed by atoms with Gasteiger partial charge in [0.05, 0.1) is 6.54 Å². The summed E-state index contributed by atoms with van der Waals surface area (Å²) in [6.45, 7) is 9.13. The molecule has 0 bridgehead atoms. The molecule has 0 radical (unpaired) electrons. The Morgan fingerprint density at radius 2 is 1.91 bits per heavy atom. The molecule has 23 heavy (non-hydrogen) atoms. The Balaban J connectivity index is 1.72. The highest BCUT2D eigenvalue weighted by atomic mass is 19.1. The first kappa shape index (κ1) is 17.9. The predicted molar refractivity (Wildman–Crippen MR) is 90.6 cm³/mol. The summed E-state index contributed by atoms with van der Waals surface area (Å²) in [6.07, 6.45) is 2.23. The van der Waals surface area contributed by atoms with E-state index in [9.17, 15) is 9.18 Å². The molecule has 1 amide bonds. The van der Waals surface area contributed by atoms with Crippen LogP contribution < -0.4 is 5.32 Å². The smallest absolute Gasteiger partial charge is 0.234 e. The van der Waals surface area contributed by atoms with E-state index in [0.29, 0.717) is 18.2 Å². The molecule has 1 aromatic rings. The molecule has 5 heteroatoms. The number of nitrogens with zero attached hydrogens (tertiary/aromatic N) is 2. The van der Waals surface area contributed by atoms with E-state index in [0.717, 1.165) is 39.0 Å². The third kappa shape index (κ3) is 5.29. The standard InChI is InChI=1S/C18H28FN3O/c1-3-22(4-2)16-9-11-21(12-10-16)14-18(23)20-13-15-7-5-6-8-17(15)19/h5-8,16H,3-4,9-14H2,1-2H3,(H,20,23). The number of nitrogens with one attached hydrogen (secondary N) is 1. The van der Waals surface area contributed by atoms with Crippen LogP contribution in [0.4, 0.5) is 4.39 Å². The van der Waals surface area contributed by atoms with Gasteiger partial charge in [-0.3, -0.25) is 9.69 Å². The molecule has 1 saturated heterocycles. The number of amides is 1. The van der Waals surface area contributed by atoms with Gasteiger partial charge in [0.15, 0.2) is 0 Å². The molecule has 0 spiro atoms. The van der Waals surface area contributed by atoms with Crippen molar-refractivity contribution in [3.05, 3.63) is 35.6 Å². The van der Waals surface area contributed by atoms with Crippen molar-refractivity contribution >= 4 is 5.91 Å². The third-order valence-corrected chi connectivity index (χ3v) is 4.69. The quantitative estimate of drug-likeness (QED) is 0.837. The van der Waals surface area contributed by atoms with Gasteiger partial charge in [-0.15, -0.1) is 0 Å². The van der Waals surface area contributed by atoms with E-state index in [4.69, 9.17) is 0 Å². The van der Waals surface area contributed by atoms with Crippen molar-refractivity contribution < 1.29 is 9.18 Å². The Bertz CT molecular complexity index is 497. The molecular formula is C18H28FN3O. The summed E-state index contributed by atoms with van der Waals surface area (Å²) in [7, 11) is 0. The lowest BCUT2D eigenvalue weighted by Crippen LogP contribution is -2.47. The highest BCUT2D eigenvalue weighted by Gasteiger charge is 2.23. The molecular weight excluding hydrogens is 293 g/mol. The van der Waals surface area contributed by atoms with Gasteiger partial charge in [0.25, 0.3) is 0 Å². The SMILES string of the molecule is CCN(CC)C1CCN(CC(=O)NCc2ccccc2F)CC1. The number of carbonyl (C=O) groups excluding carboxylic acids is 1. The minimum atomic E-state index is -0.271. The number of rotatable bonds is 7. The number of likely N-dealkylation sites (tertiary alicyclic amines) is 1. The maximum Gasteiger partial charge on any atom is 0.234 e. The minimum absolute atomic E-state index is 0.0328. The fraction of sp³-hybridized carbons (Fsp3) is 0.611. The van der Waals surface area contributed by atoms with Crippen molar-refractivity contribution in [1.82, 2.24) is 15.1 Å². The molecule has 1 aliphatic rings. The zero-order valence-corrected chi connectivity index (χ0v) is 14.2. The molecule has 1 heterocycles. The van der Waals surface area contributed by atoms with Crippen LogP contribution in [-0.4, -0.2) is 54.5 Å². The zero-order chi connectivity index (χ0) is 16.7. The summed E-state index contributed by atoms with van der Waals surface area (Å²) < 4.78 is 13.5. The van der Waals surface area contributed by atoms with Crippen molar-refractivity contribution in [3.8, 4) is 0 Å². The molecule has 2 rings (SSSR count). The van der Waals surface area contributed by atoms with Gasteiger partial charge in [-0.25, -0.2) is 4.39 Å². The molecule has 1 aromatic carbocycles. The minimum Gasteiger partial charge on any atom is -0.351 e. The summed E-state index contributed by atoms with van der Waals surface area (Å²) in [5, 5.41) is 2.81. The fourth-order valence-corrected chi connectivity index (χ4v) is 3.28. The van der Waals surface area contributed by atoms with Gasteiger partial charge in [-0.2, -0.15) is 0 Å². The Labute approximate surface area is 138 Å². The maximum atomic E-state index is 13.5. The van der Waals surface area contributed by atoms with Crippen LogP contribution in [0.1, 0.15) is 32.3 Å². The van der Waals surface area contributed by atoms with E-state index >= 15 is 0 Å². The van der Waals surface area contributed by atoms with E-state index in [-0.39, 0.29) is 18.3 Å². The lowest BCUT2D eigenvalue weighted by atomic mass is 10.0. The molecule has 0 atom stereocenters. The first-order valence-corrected chi connectivity index (χ1v) is 8.60. The molecule has 1 fully saturated rings. The molecule has 0 aliphatic carbocycles. The van der Waals surface area contributed by atoms with Crippen molar-refractivity contribution in [1.29, 1.82) is 0 Å². The molecule has 4 nitrogen and oxygen atoms in total. The van der Waals surface area contributed by atoms with Gasteiger partial charge in [-0.1, -0.05) is 32.0 Å². The Kier molecular flexibility index (Phi) is 6.99. The monoisotopic (exact) mass is 321 g/mol. The van der Waals surface area contributed by atoms with Crippen LogP contribution in [0.15, 0.2) is 24.3 Å². The van der Waals surface area contributed by atoms with Crippen LogP contribution in [0.3, 0.4) is 0 Å². The van der Waals surface area contributed by atoms with Crippen molar-refractivity contribution in [2.75, 3.05) is 32.7 Å². The summed E-state index contributed by atoms with van der Waals surface area (Å²) >= 11 is 0. The van der Waals surface area contributed by atoms with Gasteiger partial charge in [0, 0.05) is 31.2 Å². The average Bonchev–Trinajstić information content (AvgIpc) is 2.57. The topological polar surface area (TPSA) is 35.6 Å². The van der Waals surface area contributed by atoms with E-state index < -0.39 is 0 Å². The highest BCUT2D eigenvalue weighted by Crippen LogP contribution is 2.16. The second-order valence-electron chi connectivity index (χ2n) is 6.10. The molecule has 0 saturated carbocycles. The van der Waals surface area contributed by atoms with Crippen LogP contribution in [0, 0.1) is 5.82 Å². The molecule has 0 unspecified atom stereocenters. The number of carbonyl (C=O) groups is 1. The van der Waals surface area contributed by atoms with Crippen LogP contribution in [-0.2, 0) is 11.3 Å². The van der Waals surface area contributed by atoms with E-state index in [1.165, 1.54) is 6.07 Å². The van der Waals surface area contributed by atoms with E-state index in [1.807, 2.05) is 0 Å². The van der Waals surface area contributed by atoms with E-state index in [1.54, 1.807) is 18.2 Å². The lowest BCUT2D eigenvalue weighted by molar-refractivity contribution is -0.122. The Hall–Kier alpha value is -1.46. The first-order valence-electron chi connectivity index (χ1n) is 8.60. The van der Waals surface area contributed by atoms with Crippen molar-refractivity contribution in [2.45, 2.75) is 39.3 Å². The predicted octanol–water partition coefficient (Wildman–Crippen LogP) is 2.25. The Morgan fingerprint density at radius 3 is 2.52 bits per heavy atom. The van der Waals surface area contributed by atoms with Gasteiger partial charge in [0.2, 0.25) is 5.91 Å². The van der Waals surface area contributed by atoms with Crippen molar-refractivity contribution in [2.24, 2.45) is 0 Å². The third-order valence-electron chi connectivity index (χ3n) is 4.69. The van der Waals surface area contributed by atoms with E-state index in [2.05, 4.69) is 29.0 Å². The number of piperidine rings is 1. The lowest BCUT2D eigenvalue weighted by Gasteiger charge is -2.37. The van der Waals surface area contributed by atoms with Crippen LogP contribution in [0.2, 0.25) is 0 Å². The van der Waals surface area contributed by atoms with Gasteiger partial charge >= 0.3 is 0 Å². The summed E-state index contributed by atoms with van der Waals surface area (Å²) in [5.74, 6) is -0.303. The summed E-state index contributed by atoms with van der Waals surface area (Å²) in [6, 6.07) is 7.19. The summed E-state index contributed by atoms with van der Waals surface area (Å²) in [5.41, 5.74) is 0.529. The summed E-state index contributed by atoms with van der Waals surface area (Å²) in [4.78, 5) is 16.7. The maximum absolute atomic E-state index is 13.5. The number of hydrogen-bond acceptors (Lipinski definition) is 3. The first-order chi connectivity index (χ1) is 11.1. The second-order valence-corrected chi connectivity index (χ2v) is 6.10. The molecule has 1 aliphatic heterocycles. The molecule has 128 valence electrons. The molecule has 1 N–H and O–H groups in total. The normalized spacial score (nSPS) is 16.7. The number of halogens is 1. The zero-order valence-electron chi connectivity index (χ0n) is 14.2. The average molecular weight is 321 g/mol. The Morgan fingerprint density at radius 1 is 1.26 bits per heavy atom. The fourth-order valence-electron chi connectivity index (χ4n) is 3.28. The molecule has 0 aromatic heterocycles. The number of hydrogen-bond donors (Lipinski definition) is 1.